The number of aromatic hydroxyl groups is 3. The van der Waals surface area contributed by atoms with Gasteiger partial charge in [0.25, 0.3) is 0 Å². The first-order valence-corrected chi connectivity index (χ1v) is 4.94. The van der Waals surface area contributed by atoms with E-state index in [0.29, 0.717) is 6.42 Å². The summed E-state index contributed by atoms with van der Waals surface area (Å²) in [6.07, 6.45) is 0.514. The molecule has 0 amide bonds. The molecule has 2 aromatic carbocycles. The fourth-order valence-corrected chi connectivity index (χ4v) is 1.56. The van der Waals surface area contributed by atoms with Gasteiger partial charge >= 0.3 is 0 Å². The third-order valence-electron chi connectivity index (χ3n) is 2.43. The molecule has 0 spiro atoms. The maximum atomic E-state index is 9.58. The Kier molecular flexibility index (Phi) is 2.68. The smallest absolute Gasteiger partial charge is 0.157 e. The molecule has 3 N–H and O–H groups in total. The molecule has 16 heavy (non-hydrogen) atoms. The van der Waals surface area contributed by atoms with E-state index in [1.165, 1.54) is 12.1 Å². The van der Waals surface area contributed by atoms with Crippen molar-refractivity contribution in [3.05, 3.63) is 53.6 Å². The minimum Gasteiger partial charge on any atom is -0.508 e. The number of para-hydroxylation sites is 1. The predicted molar refractivity (Wildman–Crippen MR) is 60.7 cm³/mol. The quantitative estimate of drug-likeness (QED) is 0.675. The SMILES string of the molecule is Oc1ccc(Cc2ccccc2O)cc1O. The summed E-state index contributed by atoms with van der Waals surface area (Å²) in [6, 6.07) is 11.7. The average Bonchev–Trinajstić information content (AvgIpc) is 2.27. The zero-order valence-corrected chi connectivity index (χ0v) is 8.59. The molecular formula is C13H12O3. The molecule has 0 saturated heterocycles. The Labute approximate surface area is 93.2 Å². The minimum atomic E-state index is -0.145. The van der Waals surface area contributed by atoms with Crippen LogP contribution >= 0.6 is 0 Å². The highest BCUT2D eigenvalue weighted by atomic mass is 16.3. The molecule has 0 radical (unpaired) electrons. The van der Waals surface area contributed by atoms with Crippen LogP contribution in [0.4, 0.5) is 0 Å². The molecule has 2 aromatic rings. The Morgan fingerprint density at radius 2 is 1.50 bits per heavy atom. The Bertz CT molecular complexity index is 506. The van der Waals surface area contributed by atoms with Crippen LogP contribution in [0.5, 0.6) is 17.2 Å². The summed E-state index contributed by atoms with van der Waals surface area (Å²) in [5.74, 6) is -0.0518. The van der Waals surface area contributed by atoms with Gasteiger partial charge in [0.05, 0.1) is 0 Å². The number of phenols is 3. The van der Waals surface area contributed by atoms with Gasteiger partial charge in [0.15, 0.2) is 11.5 Å². The van der Waals surface area contributed by atoms with Gasteiger partial charge in [0, 0.05) is 6.42 Å². The second-order valence-corrected chi connectivity index (χ2v) is 3.63. The lowest BCUT2D eigenvalue weighted by Crippen LogP contribution is -1.88. The largest absolute Gasteiger partial charge is 0.508 e. The second-order valence-electron chi connectivity index (χ2n) is 3.63. The van der Waals surface area contributed by atoms with Crippen LogP contribution in [0.1, 0.15) is 11.1 Å². The molecular weight excluding hydrogens is 204 g/mol. The maximum absolute atomic E-state index is 9.58. The van der Waals surface area contributed by atoms with E-state index in [1.807, 2.05) is 12.1 Å². The molecule has 82 valence electrons. The van der Waals surface area contributed by atoms with E-state index < -0.39 is 0 Å². The van der Waals surface area contributed by atoms with Crippen LogP contribution in [-0.4, -0.2) is 15.3 Å². The van der Waals surface area contributed by atoms with E-state index in [2.05, 4.69) is 0 Å². The highest BCUT2D eigenvalue weighted by molar-refractivity contribution is 5.43. The van der Waals surface area contributed by atoms with E-state index in [1.54, 1.807) is 18.2 Å². The van der Waals surface area contributed by atoms with Crippen molar-refractivity contribution >= 4 is 0 Å². The third-order valence-corrected chi connectivity index (χ3v) is 2.43. The lowest BCUT2D eigenvalue weighted by molar-refractivity contribution is 0.403. The second kappa shape index (κ2) is 4.14. The van der Waals surface area contributed by atoms with E-state index >= 15 is 0 Å². The van der Waals surface area contributed by atoms with Gasteiger partial charge in [-0.1, -0.05) is 24.3 Å². The highest BCUT2D eigenvalue weighted by Gasteiger charge is 2.04. The standard InChI is InChI=1S/C13H12O3/c14-11-4-2-1-3-10(11)7-9-5-6-12(15)13(16)8-9/h1-6,8,14-16H,7H2. The maximum Gasteiger partial charge on any atom is 0.157 e. The molecule has 0 aliphatic carbocycles. The van der Waals surface area contributed by atoms with E-state index in [4.69, 9.17) is 5.11 Å². The lowest BCUT2D eigenvalue weighted by Gasteiger charge is -2.05. The van der Waals surface area contributed by atoms with Gasteiger partial charge in [-0.2, -0.15) is 0 Å². The molecule has 0 fully saturated rings. The van der Waals surface area contributed by atoms with Crippen molar-refractivity contribution in [2.24, 2.45) is 0 Å². The first-order valence-electron chi connectivity index (χ1n) is 4.94. The summed E-state index contributed by atoms with van der Waals surface area (Å²) in [7, 11) is 0. The van der Waals surface area contributed by atoms with E-state index in [9.17, 15) is 10.2 Å². The molecule has 2 rings (SSSR count). The monoisotopic (exact) mass is 216 g/mol. The first kappa shape index (κ1) is 10.4. The van der Waals surface area contributed by atoms with Crippen LogP contribution in [0.25, 0.3) is 0 Å². The topological polar surface area (TPSA) is 60.7 Å². The normalized spacial score (nSPS) is 10.2. The zero-order valence-electron chi connectivity index (χ0n) is 8.59. The van der Waals surface area contributed by atoms with Crippen molar-refractivity contribution in [1.29, 1.82) is 0 Å². The van der Waals surface area contributed by atoms with Crippen LogP contribution in [0.15, 0.2) is 42.5 Å². The Hall–Kier alpha value is -2.16. The zero-order chi connectivity index (χ0) is 11.5. The van der Waals surface area contributed by atoms with E-state index in [0.717, 1.165) is 11.1 Å². The number of hydrogen-bond acceptors (Lipinski definition) is 3. The van der Waals surface area contributed by atoms with Crippen molar-refractivity contribution in [3.63, 3.8) is 0 Å². The number of phenolic OH excluding ortho intramolecular Hbond substituents is 3. The summed E-state index contributed by atoms with van der Waals surface area (Å²) in [6.45, 7) is 0. The molecule has 3 heteroatoms. The minimum absolute atomic E-state index is 0.138. The van der Waals surface area contributed by atoms with Crippen molar-refractivity contribution in [2.75, 3.05) is 0 Å². The van der Waals surface area contributed by atoms with Crippen LogP contribution in [-0.2, 0) is 6.42 Å². The first-order chi connectivity index (χ1) is 7.66. The van der Waals surface area contributed by atoms with Crippen LogP contribution in [0, 0.1) is 0 Å². The number of hydrogen-bond donors (Lipinski definition) is 3. The summed E-state index contributed by atoms with van der Waals surface area (Å²) in [5, 5.41) is 28.1. The van der Waals surface area contributed by atoms with Gasteiger partial charge in [0.1, 0.15) is 5.75 Å². The van der Waals surface area contributed by atoms with Crippen LogP contribution < -0.4 is 0 Å². The molecule has 0 bridgehead atoms. The van der Waals surface area contributed by atoms with Gasteiger partial charge in [-0.15, -0.1) is 0 Å². The summed E-state index contributed by atoms with van der Waals surface area (Å²) in [5.41, 5.74) is 1.62. The van der Waals surface area contributed by atoms with Crippen molar-refractivity contribution < 1.29 is 15.3 Å². The average molecular weight is 216 g/mol. The highest BCUT2D eigenvalue weighted by Crippen LogP contribution is 2.27. The van der Waals surface area contributed by atoms with Gasteiger partial charge in [-0.25, -0.2) is 0 Å². The summed E-state index contributed by atoms with van der Waals surface area (Å²) in [4.78, 5) is 0. The van der Waals surface area contributed by atoms with Crippen LogP contribution in [0.3, 0.4) is 0 Å². The van der Waals surface area contributed by atoms with Gasteiger partial charge in [-0.3, -0.25) is 0 Å². The molecule has 3 nitrogen and oxygen atoms in total. The Morgan fingerprint density at radius 1 is 0.750 bits per heavy atom. The molecule has 0 unspecified atom stereocenters. The van der Waals surface area contributed by atoms with Gasteiger partial charge in [-0.05, 0) is 29.3 Å². The Balaban J connectivity index is 2.28. The molecule has 0 atom stereocenters. The molecule has 0 aliphatic rings. The fourth-order valence-electron chi connectivity index (χ4n) is 1.56. The summed E-state index contributed by atoms with van der Waals surface area (Å²) < 4.78 is 0. The summed E-state index contributed by atoms with van der Waals surface area (Å²) >= 11 is 0. The van der Waals surface area contributed by atoms with Gasteiger partial charge < -0.3 is 15.3 Å². The van der Waals surface area contributed by atoms with Crippen molar-refractivity contribution in [3.8, 4) is 17.2 Å². The molecule has 0 aromatic heterocycles. The number of benzene rings is 2. The number of rotatable bonds is 2. The molecule has 0 saturated carbocycles. The third kappa shape index (κ3) is 2.08. The van der Waals surface area contributed by atoms with Crippen molar-refractivity contribution in [2.45, 2.75) is 6.42 Å². The lowest BCUT2D eigenvalue weighted by atomic mass is 10.0. The van der Waals surface area contributed by atoms with Crippen molar-refractivity contribution in [1.82, 2.24) is 0 Å². The van der Waals surface area contributed by atoms with Gasteiger partial charge in [0.2, 0.25) is 0 Å². The molecule has 0 aliphatic heterocycles. The van der Waals surface area contributed by atoms with E-state index in [-0.39, 0.29) is 17.2 Å². The van der Waals surface area contributed by atoms with Crippen LogP contribution in [0.2, 0.25) is 0 Å². The fraction of sp³-hybridized carbons (Fsp3) is 0.0769. The predicted octanol–water partition coefficient (Wildman–Crippen LogP) is 2.39. The Morgan fingerprint density at radius 3 is 2.19 bits per heavy atom. The molecule has 0 heterocycles.